The van der Waals surface area contributed by atoms with E-state index in [1.165, 1.54) is 17.1 Å². The predicted octanol–water partition coefficient (Wildman–Crippen LogP) is 1.09. The van der Waals surface area contributed by atoms with E-state index in [2.05, 4.69) is 10.6 Å². The Morgan fingerprint density at radius 2 is 2.03 bits per heavy atom. The minimum atomic E-state index is -0.689. The van der Waals surface area contributed by atoms with Crippen LogP contribution in [-0.4, -0.2) is 54.3 Å². The number of rotatable bonds is 6. The van der Waals surface area contributed by atoms with Gasteiger partial charge in [0.2, 0.25) is 17.7 Å². The molecule has 2 aliphatic rings. The molecule has 0 aliphatic carbocycles. The molecule has 4 amide bonds. The fraction of sp³-hybridized carbons (Fsp3) is 0.250. The molecule has 1 saturated heterocycles. The van der Waals surface area contributed by atoms with Crippen LogP contribution in [0.4, 0.5) is 5.69 Å². The maximum Gasteiger partial charge on any atom is 0.256 e. The fourth-order valence-electron chi connectivity index (χ4n) is 4.21. The number of anilines is 1. The molecule has 9 nitrogen and oxygen atoms in total. The summed E-state index contributed by atoms with van der Waals surface area (Å²) < 4.78 is 5.29. The average Bonchev–Trinajstić information content (AvgIpc) is 3.18. The van der Waals surface area contributed by atoms with Crippen LogP contribution >= 0.6 is 0 Å². The summed E-state index contributed by atoms with van der Waals surface area (Å²) in [6.07, 6.45) is 3.15. The Labute approximate surface area is 190 Å². The molecule has 4 N–H and O–H groups in total. The smallest absolute Gasteiger partial charge is 0.256 e. The molecule has 0 saturated carbocycles. The second kappa shape index (κ2) is 9.15. The summed E-state index contributed by atoms with van der Waals surface area (Å²) in [6.45, 7) is 0.218. The van der Waals surface area contributed by atoms with Gasteiger partial charge in [-0.05, 0) is 36.3 Å². The molecule has 4 rings (SSSR count). The normalized spacial score (nSPS) is 19.5. The lowest BCUT2D eigenvalue weighted by Gasteiger charge is -2.20. The molecule has 33 heavy (non-hydrogen) atoms. The van der Waals surface area contributed by atoms with Crippen LogP contribution in [0.15, 0.2) is 48.5 Å². The van der Waals surface area contributed by atoms with Crippen LogP contribution in [0.5, 0.6) is 5.75 Å². The molecule has 0 unspecified atom stereocenters. The largest absolute Gasteiger partial charge is 0.496 e. The van der Waals surface area contributed by atoms with E-state index >= 15 is 0 Å². The second-order valence-corrected chi connectivity index (χ2v) is 7.99. The number of carbonyl (C=O) groups is 4. The van der Waals surface area contributed by atoms with Crippen molar-refractivity contribution in [3.8, 4) is 5.75 Å². The number of fused-ring (bicyclic) bond motifs is 2. The second-order valence-electron chi connectivity index (χ2n) is 7.99. The number of benzene rings is 2. The van der Waals surface area contributed by atoms with Crippen molar-refractivity contribution in [3.63, 3.8) is 0 Å². The van der Waals surface area contributed by atoms with Gasteiger partial charge in [0, 0.05) is 24.2 Å². The third-order valence-corrected chi connectivity index (χ3v) is 5.75. The van der Waals surface area contributed by atoms with E-state index in [4.69, 9.17) is 10.5 Å². The van der Waals surface area contributed by atoms with E-state index in [0.29, 0.717) is 29.0 Å². The van der Waals surface area contributed by atoms with Crippen molar-refractivity contribution in [1.82, 2.24) is 10.2 Å². The van der Waals surface area contributed by atoms with E-state index in [0.717, 1.165) is 5.56 Å². The Hall–Kier alpha value is -4.14. The summed E-state index contributed by atoms with van der Waals surface area (Å²) in [7, 11) is 1.55. The minimum absolute atomic E-state index is 0.129. The lowest BCUT2D eigenvalue weighted by Crippen LogP contribution is -2.41. The highest BCUT2D eigenvalue weighted by Crippen LogP contribution is 2.30. The molecule has 0 spiro atoms. The Morgan fingerprint density at radius 3 is 2.79 bits per heavy atom. The van der Waals surface area contributed by atoms with E-state index in [-0.39, 0.29) is 36.7 Å². The van der Waals surface area contributed by atoms with Crippen LogP contribution in [0.2, 0.25) is 0 Å². The van der Waals surface area contributed by atoms with E-state index in [1.54, 1.807) is 31.4 Å². The maximum absolute atomic E-state index is 13.2. The van der Waals surface area contributed by atoms with Crippen LogP contribution in [0, 0.1) is 0 Å². The molecule has 0 bridgehead atoms. The number of nitrogens with two attached hydrogens (primary N) is 1. The van der Waals surface area contributed by atoms with Gasteiger partial charge in [0.05, 0.1) is 24.8 Å². The molecule has 0 radical (unpaired) electrons. The average molecular weight is 448 g/mol. The maximum atomic E-state index is 13.2. The molecule has 2 aromatic carbocycles. The summed E-state index contributed by atoms with van der Waals surface area (Å²) in [6, 6.07) is 11.1. The molecular formula is C24H24N4O5. The number of nitrogens with one attached hydrogen (secondary N) is 2. The van der Waals surface area contributed by atoms with Gasteiger partial charge < -0.3 is 26.0 Å². The first kappa shape index (κ1) is 22.1. The van der Waals surface area contributed by atoms with Crippen molar-refractivity contribution in [2.45, 2.75) is 24.9 Å². The molecule has 2 heterocycles. The third-order valence-electron chi connectivity index (χ3n) is 5.75. The van der Waals surface area contributed by atoms with Crippen molar-refractivity contribution in [2.24, 2.45) is 5.73 Å². The standard InChI is InChI=1S/C24H24N4O5/c1-33-20-5-3-2-4-15(20)11-22(30)26-16-12-19-23(31)27-18-8-6-14(7-9-21(25)29)10-17(18)24(32)28(19)13-16/h2-10,16,19H,11-13H2,1H3,(H2,25,29)(H,26,30)(H,27,31)/b9-7+/t16-,19-/m0/s1. The zero-order chi connectivity index (χ0) is 23.5. The summed E-state index contributed by atoms with van der Waals surface area (Å²) >= 11 is 0. The highest BCUT2D eigenvalue weighted by atomic mass is 16.5. The first-order chi connectivity index (χ1) is 15.9. The van der Waals surface area contributed by atoms with Gasteiger partial charge in [-0.3, -0.25) is 19.2 Å². The highest BCUT2D eigenvalue weighted by molar-refractivity contribution is 6.10. The van der Waals surface area contributed by atoms with Crippen molar-refractivity contribution in [1.29, 1.82) is 0 Å². The predicted molar refractivity (Wildman–Crippen MR) is 121 cm³/mol. The van der Waals surface area contributed by atoms with Gasteiger partial charge in [-0.2, -0.15) is 0 Å². The quantitative estimate of drug-likeness (QED) is 0.570. The van der Waals surface area contributed by atoms with Crippen molar-refractivity contribution in [2.75, 3.05) is 19.0 Å². The number of ether oxygens (including phenoxy) is 1. The zero-order valence-corrected chi connectivity index (χ0v) is 18.0. The molecular weight excluding hydrogens is 424 g/mol. The molecule has 2 aromatic rings. The Balaban J connectivity index is 1.49. The van der Waals surface area contributed by atoms with Crippen molar-refractivity contribution in [3.05, 3.63) is 65.2 Å². The summed E-state index contributed by atoms with van der Waals surface area (Å²) in [5.74, 6) is -0.807. The van der Waals surface area contributed by atoms with Crippen LogP contribution < -0.4 is 21.1 Å². The van der Waals surface area contributed by atoms with Crippen molar-refractivity contribution < 1.29 is 23.9 Å². The van der Waals surface area contributed by atoms with Gasteiger partial charge in [0.15, 0.2) is 0 Å². The zero-order valence-electron chi connectivity index (χ0n) is 18.0. The molecule has 2 aliphatic heterocycles. The number of amides is 4. The van der Waals surface area contributed by atoms with Gasteiger partial charge in [-0.1, -0.05) is 24.3 Å². The van der Waals surface area contributed by atoms with E-state index in [9.17, 15) is 19.2 Å². The summed E-state index contributed by atoms with van der Waals surface area (Å²) in [4.78, 5) is 51.2. The highest BCUT2D eigenvalue weighted by Gasteiger charge is 2.43. The molecule has 2 atom stereocenters. The van der Waals surface area contributed by atoms with Crippen molar-refractivity contribution >= 4 is 35.4 Å². The first-order valence-electron chi connectivity index (χ1n) is 10.5. The summed E-state index contributed by atoms with van der Waals surface area (Å²) in [5, 5.41) is 5.73. The minimum Gasteiger partial charge on any atom is -0.496 e. The van der Waals surface area contributed by atoms with Gasteiger partial charge in [0.25, 0.3) is 5.91 Å². The van der Waals surface area contributed by atoms with Crippen LogP contribution in [0.3, 0.4) is 0 Å². The van der Waals surface area contributed by atoms with Crippen LogP contribution in [0.1, 0.15) is 27.9 Å². The summed E-state index contributed by atoms with van der Waals surface area (Å²) in [5.41, 5.74) is 7.23. The van der Waals surface area contributed by atoms with Gasteiger partial charge in [0.1, 0.15) is 11.8 Å². The first-order valence-corrected chi connectivity index (χ1v) is 10.5. The number of nitrogens with zero attached hydrogens (tertiary/aromatic N) is 1. The van der Waals surface area contributed by atoms with Gasteiger partial charge in [-0.15, -0.1) is 0 Å². The SMILES string of the molecule is COc1ccccc1CC(=O)N[C@H]1C[C@H]2C(=O)Nc3ccc(/C=C/C(N)=O)cc3C(=O)N2C1. The number of methoxy groups -OCH3 is 1. The lowest BCUT2D eigenvalue weighted by molar-refractivity contribution is -0.121. The topological polar surface area (TPSA) is 131 Å². The Morgan fingerprint density at radius 1 is 1.24 bits per heavy atom. The number of hydrogen-bond acceptors (Lipinski definition) is 5. The Kier molecular flexibility index (Phi) is 6.12. The number of para-hydroxylation sites is 1. The van der Waals surface area contributed by atoms with E-state index in [1.807, 2.05) is 18.2 Å². The monoisotopic (exact) mass is 448 g/mol. The Bertz CT molecular complexity index is 1160. The van der Waals surface area contributed by atoms with Gasteiger partial charge >= 0.3 is 0 Å². The molecule has 9 heteroatoms. The third kappa shape index (κ3) is 4.72. The van der Waals surface area contributed by atoms with Crippen LogP contribution in [-0.2, 0) is 20.8 Å². The number of primary amides is 1. The van der Waals surface area contributed by atoms with E-state index < -0.39 is 11.9 Å². The molecule has 0 aromatic heterocycles. The van der Waals surface area contributed by atoms with Crippen LogP contribution in [0.25, 0.3) is 6.08 Å². The molecule has 170 valence electrons. The number of hydrogen-bond donors (Lipinski definition) is 3. The lowest BCUT2D eigenvalue weighted by atomic mass is 10.1. The fourth-order valence-corrected chi connectivity index (χ4v) is 4.21. The van der Waals surface area contributed by atoms with Gasteiger partial charge in [-0.25, -0.2) is 0 Å². The number of carbonyl (C=O) groups excluding carboxylic acids is 4. The molecule has 1 fully saturated rings.